The summed E-state index contributed by atoms with van der Waals surface area (Å²) in [4.78, 5) is 33.4. The number of rotatable bonds is 3. The Hall–Kier alpha value is -2.09. The van der Waals surface area contributed by atoms with Gasteiger partial charge in [0.25, 0.3) is 5.91 Å². The molecule has 4 unspecified atom stereocenters. The van der Waals surface area contributed by atoms with Crippen molar-refractivity contribution in [2.45, 2.75) is 32.3 Å². The number of nitrogens with zero attached hydrogens (tertiary/aromatic N) is 4. The van der Waals surface area contributed by atoms with E-state index in [0.717, 1.165) is 24.4 Å². The predicted octanol–water partition coefficient (Wildman–Crippen LogP) is 2.15. The minimum Gasteiger partial charge on any atom is -0.343 e. The smallest absolute Gasteiger partial charge is 0.328 e. The first-order chi connectivity index (χ1) is 13.3. The number of fused-ring (bicyclic) bond motifs is 3. The molecular formula is C20H26ClN5O2. The number of hydrogen-bond acceptors (Lipinski definition) is 5. The lowest BCUT2D eigenvalue weighted by Gasteiger charge is -2.46. The Morgan fingerprint density at radius 3 is 2.75 bits per heavy atom. The van der Waals surface area contributed by atoms with Gasteiger partial charge in [0, 0.05) is 30.8 Å². The highest BCUT2D eigenvalue weighted by molar-refractivity contribution is 6.30. The van der Waals surface area contributed by atoms with E-state index in [4.69, 9.17) is 11.6 Å². The lowest BCUT2D eigenvalue weighted by atomic mass is 10.0. The third-order valence-corrected chi connectivity index (χ3v) is 5.89. The van der Waals surface area contributed by atoms with Crippen LogP contribution >= 0.6 is 11.6 Å². The van der Waals surface area contributed by atoms with Gasteiger partial charge in [-0.2, -0.15) is 0 Å². The first-order valence-electron chi connectivity index (χ1n) is 9.54. The number of imide groups is 1. The molecule has 4 rings (SSSR count). The van der Waals surface area contributed by atoms with Crippen LogP contribution in [0.2, 0.25) is 5.02 Å². The van der Waals surface area contributed by atoms with Crippen LogP contribution in [-0.2, 0) is 4.79 Å². The maximum absolute atomic E-state index is 13.3. The van der Waals surface area contributed by atoms with Gasteiger partial charge in [0.2, 0.25) is 0 Å². The fourth-order valence-electron chi connectivity index (χ4n) is 4.49. The fraction of sp³-hybridized carbons (Fsp3) is 0.500. The zero-order chi connectivity index (χ0) is 20.2. The number of halogens is 1. The molecule has 8 heteroatoms. The van der Waals surface area contributed by atoms with Gasteiger partial charge >= 0.3 is 6.03 Å². The second-order valence-corrected chi connectivity index (χ2v) is 8.58. The molecule has 1 aromatic rings. The highest BCUT2D eigenvalue weighted by Gasteiger charge is 2.56. The second-order valence-electron chi connectivity index (χ2n) is 8.14. The number of urea groups is 1. The van der Waals surface area contributed by atoms with Crippen molar-refractivity contribution in [3.8, 4) is 0 Å². The Labute approximate surface area is 170 Å². The molecule has 3 fully saturated rings. The molecule has 3 aliphatic heterocycles. The van der Waals surface area contributed by atoms with Crippen LogP contribution in [-0.4, -0.2) is 71.8 Å². The molecule has 3 saturated heterocycles. The maximum atomic E-state index is 13.3. The number of benzene rings is 1. The second kappa shape index (κ2) is 7.06. The molecule has 3 heterocycles. The SMILES string of the molecule is C=C(C)CN1C(=O)C2C(NC3N(c4cccc(Cl)c4)CC(C)CN23)N(C)C1=O. The van der Waals surface area contributed by atoms with E-state index < -0.39 is 6.04 Å². The van der Waals surface area contributed by atoms with Crippen molar-refractivity contribution in [1.82, 2.24) is 20.0 Å². The Morgan fingerprint density at radius 1 is 1.32 bits per heavy atom. The standard InChI is InChI=1S/C20H26ClN5O2/c1-12(2)9-26-18(27)16-17(23(4)20(26)28)22-19-24(10-13(3)11-25(16)19)15-7-5-6-14(21)8-15/h5-8,13,16-17,19,22H,1,9-11H2,2-4H3. The van der Waals surface area contributed by atoms with Crippen LogP contribution < -0.4 is 10.2 Å². The summed E-state index contributed by atoms with van der Waals surface area (Å²) >= 11 is 6.22. The Kier molecular flexibility index (Phi) is 4.85. The first-order valence-corrected chi connectivity index (χ1v) is 9.92. The zero-order valence-electron chi connectivity index (χ0n) is 16.4. The van der Waals surface area contributed by atoms with Crippen molar-refractivity contribution in [2.75, 3.05) is 31.6 Å². The average Bonchev–Trinajstić information content (AvgIpc) is 3.02. The van der Waals surface area contributed by atoms with E-state index in [0.29, 0.717) is 10.9 Å². The van der Waals surface area contributed by atoms with Gasteiger partial charge in [-0.1, -0.05) is 36.7 Å². The zero-order valence-corrected chi connectivity index (χ0v) is 17.2. The predicted molar refractivity (Wildman–Crippen MR) is 109 cm³/mol. The number of anilines is 1. The van der Waals surface area contributed by atoms with Gasteiger partial charge < -0.3 is 9.80 Å². The van der Waals surface area contributed by atoms with E-state index in [1.165, 1.54) is 4.90 Å². The van der Waals surface area contributed by atoms with Crippen LogP contribution in [0.3, 0.4) is 0 Å². The van der Waals surface area contributed by atoms with Crippen LogP contribution in [0, 0.1) is 5.92 Å². The van der Waals surface area contributed by atoms with Gasteiger partial charge in [0.05, 0.1) is 6.54 Å². The largest absolute Gasteiger partial charge is 0.343 e. The number of nitrogens with one attached hydrogen (secondary N) is 1. The highest BCUT2D eigenvalue weighted by atomic mass is 35.5. The third-order valence-electron chi connectivity index (χ3n) is 5.65. The summed E-state index contributed by atoms with van der Waals surface area (Å²) in [5.74, 6) is 0.201. The third kappa shape index (κ3) is 3.07. The van der Waals surface area contributed by atoms with Crippen molar-refractivity contribution in [2.24, 2.45) is 5.92 Å². The van der Waals surface area contributed by atoms with E-state index in [2.05, 4.69) is 28.6 Å². The quantitative estimate of drug-likeness (QED) is 0.784. The molecule has 1 aromatic carbocycles. The maximum Gasteiger partial charge on any atom is 0.328 e. The molecule has 0 aromatic heterocycles. The van der Waals surface area contributed by atoms with E-state index in [-0.39, 0.29) is 30.9 Å². The number of hydrogen-bond donors (Lipinski definition) is 1. The molecule has 4 atom stereocenters. The summed E-state index contributed by atoms with van der Waals surface area (Å²) < 4.78 is 0. The summed E-state index contributed by atoms with van der Waals surface area (Å²) in [5.41, 5.74) is 1.78. The van der Waals surface area contributed by atoms with E-state index in [9.17, 15) is 9.59 Å². The van der Waals surface area contributed by atoms with Crippen molar-refractivity contribution < 1.29 is 9.59 Å². The minimum atomic E-state index is -0.420. The van der Waals surface area contributed by atoms with Crippen LogP contribution in [0.1, 0.15) is 13.8 Å². The van der Waals surface area contributed by atoms with Gasteiger partial charge in [-0.25, -0.2) is 4.79 Å². The van der Waals surface area contributed by atoms with Gasteiger partial charge in [-0.15, -0.1) is 0 Å². The molecule has 3 amide bonds. The summed E-state index contributed by atoms with van der Waals surface area (Å²) in [6.45, 7) is 9.74. The fourth-order valence-corrected chi connectivity index (χ4v) is 4.67. The number of likely N-dealkylation sites (N-methyl/N-ethyl adjacent to an activating group) is 1. The molecule has 0 radical (unpaired) electrons. The number of carbonyl (C=O) groups excluding carboxylic acids is 2. The number of carbonyl (C=O) groups is 2. The summed E-state index contributed by atoms with van der Waals surface area (Å²) in [5, 5.41) is 4.19. The number of amides is 3. The topological polar surface area (TPSA) is 59.1 Å². The van der Waals surface area contributed by atoms with Crippen LogP contribution in [0.5, 0.6) is 0 Å². The van der Waals surface area contributed by atoms with Gasteiger partial charge in [-0.05, 0) is 31.0 Å². The molecule has 0 aliphatic carbocycles. The van der Waals surface area contributed by atoms with Crippen molar-refractivity contribution in [3.05, 3.63) is 41.4 Å². The van der Waals surface area contributed by atoms with Crippen molar-refractivity contribution >= 4 is 29.2 Å². The molecule has 150 valence electrons. The van der Waals surface area contributed by atoms with Gasteiger partial charge in [0.1, 0.15) is 18.5 Å². The molecule has 0 saturated carbocycles. The average molecular weight is 404 g/mol. The molecule has 3 aliphatic rings. The lowest BCUT2D eigenvalue weighted by molar-refractivity contribution is -0.138. The summed E-state index contributed by atoms with van der Waals surface area (Å²) in [6.07, 6.45) is -0.535. The summed E-state index contributed by atoms with van der Waals surface area (Å²) in [7, 11) is 1.75. The Balaban J connectivity index is 1.69. The Morgan fingerprint density at radius 2 is 2.07 bits per heavy atom. The minimum absolute atomic E-state index is 0.161. The molecule has 1 N–H and O–H groups in total. The lowest BCUT2D eigenvalue weighted by Crippen LogP contribution is -2.66. The highest BCUT2D eigenvalue weighted by Crippen LogP contribution is 2.35. The monoisotopic (exact) mass is 403 g/mol. The Bertz CT molecular complexity index is 831. The van der Waals surface area contributed by atoms with Crippen LogP contribution in [0.15, 0.2) is 36.4 Å². The van der Waals surface area contributed by atoms with E-state index in [1.54, 1.807) is 11.9 Å². The molecule has 0 bridgehead atoms. The molecule has 28 heavy (non-hydrogen) atoms. The molecule has 7 nitrogen and oxygen atoms in total. The molecular weight excluding hydrogens is 378 g/mol. The van der Waals surface area contributed by atoms with Gasteiger partial charge in [0.15, 0.2) is 0 Å². The van der Waals surface area contributed by atoms with Crippen LogP contribution in [0.25, 0.3) is 0 Å². The van der Waals surface area contributed by atoms with Crippen molar-refractivity contribution in [3.63, 3.8) is 0 Å². The summed E-state index contributed by atoms with van der Waals surface area (Å²) in [6, 6.07) is 7.03. The van der Waals surface area contributed by atoms with E-state index in [1.807, 2.05) is 31.2 Å². The first kappa shape index (κ1) is 19.2. The van der Waals surface area contributed by atoms with Crippen molar-refractivity contribution in [1.29, 1.82) is 0 Å². The molecule has 0 spiro atoms. The van der Waals surface area contributed by atoms with Crippen LogP contribution in [0.4, 0.5) is 10.5 Å². The normalized spacial score (nSPS) is 30.5. The van der Waals surface area contributed by atoms with Gasteiger partial charge in [-0.3, -0.25) is 19.9 Å². The van der Waals surface area contributed by atoms with E-state index >= 15 is 0 Å².